The zero-order chi connectivity index (χ0) is 16.5. The molecule has 2 amide bonds. The summed E-state index contributed by atoms with van der Waals surface area (Å²) in [6.07, 6.45) is -0.148. The van der Waals surface area contributed by atoms with E-state index in [4.69, 9.17) is 9.84 Å². The largest absolute Gasteiger partial charge is 0.482 e. The van der Waals surface area contributed by atoms with Crippen molar-refractivity contribution < 1.29 is 24.2 Å². The Morgan fingerprint density at radius 1 is 1.41 bits per heavy atom. The van der Waals surface area contributed by atoms with Crippen molar-refractivity contribution in [1.29, 1.82) is 0 Å². The van der Waals surface area contributed by atoms with Gasteiger partial charge in [0.25, 0.3) is 5.91 Å². The summed E-state index contributed by atoms with van der Waals surface area (Å²) in [7, 11) is 1.63. The lowest BCUT2D eigenvalue weighted by atomic mass is 9.89. The molecule has 1 aromatic carbocycles. The molecule has 0 fully saturated rings. The Balaban J connectivity index is 2.13. The third kappa shape index (κ3) is 3.19. The van der Waals surface area contributed by atoms with Gasteiger partial charge >= 0.3 is 5.97 Å². The van der Waals surface area contributed by atoms with E-state index in [2.05, 4.69) is 5.32 Å². The summed E-state index contributed by atoms with van der Waals surface area (Å²) in [5, 5.41) is 11.7. The fourth-order valence-electron chi connectivity index (χ4n) is 2.03. The van der Waals surface area contributed by atoms with Crippen molar-refractivity contribution in [3.63, 3.8) is 0 Å². The molecule has 0 unspecified atom stereocenters. The lowest BCUT2D eigenvalue weighted by molar-refractivity contribution is -0.149. The van der Waals surface area contributed by atoms with Crippen molar-refractivity contribution in [2.75, 3.05) is 23.9 Å². The van der Waals surface area contributed by atoms with Crippen LogP contribution in [0, 0.1) is 5.41 Å². The normalized spacial score (nSPS) is 14.1. The van der Waals surface area contributed by atoms with Gasteiger partial charge in [0.2, 0.25) is 5.91 Å². The molecule has 0 saturated carbocycles. The molecule has 2 N–H and O–H groups in total. The maximum absolute atomic E-state index is 12.0. The first kappa shape index (κ1) is 15.8. The lowest BCUT2D eigenvalue weighted by Crippen LogP contribution is -2.35. The van der Waals surface area contributed by atoms with Gasteiger partial charge < -0.3 is 20.1 Å². The van der Waals surface area contributed by atoms with Gasteiger partial charge in [-0.1, -0.05) is 0 Å². The van der Waals surface area contributed by atoms with Gasteiger partial charge in [0.15, 0.2) is 6.61 Å². The van der Waals surface area contributed by atoms with Crippen molar-refractivity contribution in [3.05, 3.63) is 18.2 Å². The number of anilines is 2. The average Bonchev–Trinajstić information content (AvgIpc) is 2.42. The van der Waals surface area contributed by atoms with E-state index in [9.17, 15) is 14.4 Å². The Morgan fingerprint density at radius 3 is 2.73 bits per heavy atom. The van der Waals surface area contributed by atoms with E-state index in [-0.39, 0.29) is 18.9 Å². The number of fused-ring (bicyclic) bond motifs is 1. The Morgan fingerprint density at radius 2 is 2.09 bits per heavy atom. The van der Waals surface area contributed by atoms with Gasteiger partial charge in [-0.3, -0.25) is 14.4 Å². The fraction of sp³-hybridized carbons (Fsp3) is 0.400. The molecule has 0 bridgehead atoms. The maximum Gasteiger partial charge on any atom is 0.309 e. The number of benzene rings is 1. The highest BCUT2D eigenvalue weighted by molar-refractivity contribution is 5.99. The minimum absolute atomic E-state index is 0.0119. The third-order valence-electron chi connectivity index (χ3n) is 3.51. The van der Waals surface area contributed by atoms with Gasteiger partial charge in [0.05, 0.1) is 11.1 Å². The Labute approximate surface area is 127 Å². The predicted molar refractivity (Wildman–Crippen MR) is 80.0 cm³/mol. The molecule has 0 saturated heterocycles. The van der Waals surface area contributed by atoms with E-state index in [0.29, 0.717) is 17.1 Å². The molecular formula is C15H18N2O5. The second-order valence-corrected chi connectivity index (χ2v) is 5.84. The number of likely N-dealkylation sites (N-methyl/N-ethyl adjacent to an activating group) is 1. The highest BCUT2D eigenvalue weighted by Gasteiger charge is 2.30. The van der Waals surface area contributed by atoms with Crippen LogP contribution in [0.2, 0.25) is 0 Å². The summed E-state index contributed by atoms with van der Waals surface area (Å²) in [5.41, 5.74) is -0.102. The molecule has 1 aliphatic rings. The van der Waals surface area contributed by atoms with Gasteiger partial charge in [0.1, 0.15) is 5.75 Å². The molecule has 7 heteroatoms. The molecular weight excluding hydrogens is 288 g/mol. The SMILES string of the molecule is CN1C(=O)COc2ccc(NC(=O)CC(C)(C)C(=O)O)cc21. The van der Waals surface area contributed by atoms with E-state index in [1.165, 1.54) is 18.7 Å². The number of carbonyl (C=O) groups excluding carboxylic acids is 2. The van der Waals surface area contributed by atoms with Gasteiger partial charge in [-0.05, 0) is 32.0 Å². The van der Waals surface area contributed by atoms with Crippen molar-refractivity contribution in [1.82, 2.24) is 0 Å². The second kappa shape index (κ2) is 5.67. The number of hydrogen-bond acceptors (Lipinski definition) is 4. The molecule has 7 nitrogen and oxygen atoms in total. The monoisotopic (exact) mass is 306 g/mol. The first-order valence-corrected chi connectivity index (χ1v) is 6.77. The van der Waals surface area contributed by atoms with E-state index < -0.39 is 17.3 Å². The van der Waals surface area contributed by atoms with E-state index in [1.807, 2.05) is 0 Å². The number of rotatable bonds is 4. The lowest BCUT2D eigenvalue weighted by Gasteiger charge is -2.26. The summed E-state index contributed by atoms with van der Waals surface area (Å²) in [4.78, 5) is 36.1. The molecule has 0 spiro atoms. The number of ether oxygens (including phenoxy) is 1. The minimum atomic E-state index is -1.14. The third-order valence-corrected chi connectivity index (χ3v) is 3.51. The van der Waals surface area contributed by atoms with E-state index >= 15 is 0 Å². The number of carboxylic acid groups (broad SMARTS) is 1. The molecule has 1 heterocycles. The van der Waals surface area contributed by atoms with Crippen molar-refractivity contribution in [3.8, 4) is 5.75 Å². The van der Waals surface area contributed by atoms with Crippen LogP contribution in [0.5, 0.6) is 5.75 Å². The van der Waals surface area contributed by atoms with Crippen molar-refractivity contribution >= 4 is 29.2 Å². The summed E-state index contributed by atoms with van der Waals surface area (Å²) >= 11 is 0. The first-order chi connectivity index (χ1) is 10.2. The van der Waals surface area contributed by atoms with Crippen LogP contribution >= 0.6 is 0 Å². The first-order valence-electron chi connectivity index (χ1n) is 6.77. The number of carboxylic acids is 1. The topological polar surface area (TPSA) is 95.9 Å². The van der Waals surface area contributed by atoms with E-state index in [0.717, 1.165) is 0 Å². The molecule has 0 radical (unpaired) electrons. The molecule has 1 aromatic rings. The average molecular weight is 306 g/mol. The van der Waals surface area contributed by atoms with E-state index in [1.54, 1.807) is 25.2 Å². The number of aliphatic carboxylic acids is 1. The van der Waals surface area contributed by atoms with Crippen LogP contribution in [-0.4, -0.2) is 36.5 Å². The molecule has 0 atom stereocenters. The van der Waals surface area contributed by atoms with Crippen LogP contribution in [0.3, 0.4) is 0 Å². The summed E-state index contributed by atoms with van der Waals surface area (Å²) < 4.78 is 5.30. The molecule has 118 valence electrons. The Hall–Kier alpha value is -2.57. The zero-order valence-electron chi connectivity index (χ0n) is 12.7. The highest BCUT2D eigenvalue weighted by atomic mass is 16.5. The molecule has 1 aliphatic heterocycles. The Kier molecular flexibility index (Phi) is 4.07. The quantitative estimate of drug-likeness (QED) is 0.878. The number of nitrogens with one attached hydrogen (secondary N) is 1. The van der Waals surface area contributed by atoms with Crippen LogP contribution in [0.1, 0.15) is 20.3 Å². The number of amides is 2. The molecule has 0 aliphatic carbocycles. The van der Waals surface area contributed by atoms with Crippen molar-refractivity contribution in [2.45, 2.75) is 20.3 Å². The fourth-order valence-corrected chi connectivity index (χ4v) is 2.03. The molecule has 2 rings (SSSR count). The van der Waals surface area contributed by atoms with Crippen molar-refractivity contribution in [2.24, 2.45) is 5.41 Å². The number of carbonyl (C=O) groups is 3. The Bertz CT molecular complexity index is 639. The highest BCUT2D eigenvalue weighted by Crippen LogP contribution is 2.33. The number of nitrogens with zero attached hydrogens (tertiary/aromatic N) is 1. The van der Waals surface area contributed by atoms with Crippen LogP contribution in [0.4, 0.5) is 11.4 Å². The van der Waals surface area contributed by atoms with Crippen LogP contribution in [0.15, 0.2) is 18.2 Å². The molecule has 22 heavy (non-hydrogen) atoms. The summed E-state index contributed by atoms with van der Waals surface area (Å²) in [6, 6.07) is 4.93. The van der Waals surface area contributed by atoms with Crippen LogP contribution in [0.25, 0.3) is 0 Å². The molecule has 0 aromatic heterocycles. The summed E-state index contributed by atoms with van der Waals surface area (Å²) in [5.74, 6) is -1.06. The van der Waals surface area contributed by atoms with Gasteiger partial charge in [0, 0.05) is 19.2 Å². The van der Waals surface area contributed by atoms with Gasteiger partial charge in [-0.25, -0.2) is 0 Å². The number of hydrogen-bond donors (Lipinski definition) is 2. The second-order valence-electron chi connectivity index (χ2n) is 5.84. The maximum atomic E-state index is 12.0. The predicted octanol–water partition coefficient (Wildman–Crippen LogP) is 1.48. The van der Waals surface area contributed by atoms with Gasteiger partial charge in [-0.2, -0.15) is 0 Å². The van der Waals surface area contributed by atoms with Crippen LogP contribution < -0.4 is 15.0 Å². The zero-order valence-corrected chi connectivity index (χ0v) is 12.7. The standard InChI is InChI=1S/C15H18N2O5/c1-15(2,14(20)21)7-12(18)16-9-4-5-11-10(6-9)17(3)13(19)8-22-11/h4-6H,7-8H2,1-3H3,(H,16,18)(H,20,21). The minimum Gasteiger partial charge on any atom is -0.482 e. The van der Waals surface area contributed by atoms with Gasteiger partial charge in [-0.15, -0.1) is 0 Å². The smallest absolute Gasteiger partial charge is 0.309 e. The summed E-state index contributed by atoms with van der Waals surface area (Å²) in [6.45, 7) is 2.96. The van der Waals surface area contributed by atoms with Crippen LogP contribution in [-0.2, 0) is 14.4 Å².